The molecule has 1 fully saturated rings. The quantitative estimate of drug-likeness (QED) is 0.252. The van der Waals surface area contributed by atoms with Gasteiger partial charge in [0.05, 0.1) is 17.0 Å². The molecule has 1 aliphatic carbocycles. The summed E-state index contributed by atoms with van der Waals surface area (Å²) in [6.45, 7) is 8.45. The van der Waals surface area contributed by atoms with Crippen molar-refractivity contribution >= 4 is 15.4 Å². The molecule has 0 atom stereocenters. The highest BCUT2D eigenvalue weighted by atomic mass is 32.2. The van der Waals surface area contributed by atoms with Crippen molar-refractivity contribution in [2.45, 2.75) is 74.5 Å². The molecule has 0 radical (unpaired) electrons. The molecule has 0 bridgehead atoms. The Morgan fingerprint density at radius 1 is 0.941 bits per heavy atom. The maximum absolute atomic E-state index is 13.6. The van der Waals surface area contributed by atoms with Gasteiger partial charge in [-0.3, -0.25) is 0 Å². The third-order valence-corrected chi connectivity index (χ3v) is 8.50. The Bertz CT molecular complexity index is 1160. The normalized spacial score (nSPS) is 14.2. The molecule has 3 aromatic rings. The first-order valence-electron chi connectivity index (χ1n) is 12.8. The van der Waals surface area contributed by atoms with Gasteiger partial charge < -0.3 is 14.0 Å². The molecule has 2 aromatic heterocycles. The van der Waals surface area contributed by atoms with Crippen LogP contribution >= 0.6 is 0 Å². The molecular weight excluding hydrogens is 444 g/mol. The van der Waals surface area contributed by atoms with Crippen molar-refractivity contribution in [1.29, 1.82) is 0 Å². The van der Waals surface area contributed by atoms with E-state index in [1.54, 1.807) is 24.3 Å². The second kappa shape index (κ2) is 11.4. The minimum Gasteiger partial charge on any atom is -0.494 e. The third kappa shape index (κ3) is 5.84. The van der Waals surface area contributed by atoms with Crippen molar-refractivity contribution in [2.75, 3.05) is 26.2 Å². The number of ether oxygens (including phenoxy) is 1. The Kier molecular flexibility index (Phi) is 8.32. The summed E-state index contributed by atoms with van der Waals surface area (Å²) in [4.78, 5) is 3.32. The molecule has 2 heterocycles. The largest absolute Gasteiger partial charge is 0.494 e. The number of fused-ring (bicyclic) bond motifs is 1. The van der Waals surface area contributed by atoms with E-state index in [1.807, 2.05) is 35.0 Å². The van der Waals surface area contributed by atoms with Gasteiger partial charge in [-0.15, -0.1) is 0 Å². The van der Waals surface area contributed by atoms with E-state index in [0.717, 1.165) is 55.7 Å². The molecule has 34 heavy (non-hydrogen) atoms. The number of hydrogen-bond donors (Lipinski definition) is 0. The molecule has 4 rings (SSSR count). The van der Waals surface area contributed by atoms with Gasteiger partial charge in [-0.25, -0.2) is 8.42 Å². The highest BCUT2D eigenvalue weighted by Gasteiger charge is 2.34. The fraction of sp³-hybridized carbons (Fsp3) is 0.500. The van der Waals surface area contributed by atoms with Crippen molar-refractivity contribution < 1.29 is 13.2 Å². The van der Waals surface area contributed by atoms with Gasteiger partial charge >= 0.3 is 0 Å². The number of rotatable bonds is 14. The molecule has 0 unspecified atom stereocenters. The summed E-state index contributed by atoms with van der Waals surface area (Å²) < 4.78 is 35.1. The van der Waals surface area contributed by atoms with Crippen LogP contribution in [0.4, 0.5) is 0 Å². The number of unbranched alkanes of at least 4 members (excludes halogenated alkanes) is 2. The lowest BCUT2D eigenvalue weighted by atomic mass is 10.2. The Morgan fingerprint density at radius 3 is 2.26 bits per heavy atom. The van der Waals surface area contributed by atoms with Crippen LogP contribution in [0.15, 0.2) is 64.6 Å². The van der Waals surface area contributed by atoms with Gasteiger partial charge in [0.25, 0.3) is 0 Å². The summed E-state index contributed by atoms with van der Waals surface area (Å²) in [5.74, 6) is 1.07. The van der Waals surface area contributed by atoms with Gasteiger partial charge in [-0.1, -0.05) is 32.8 Å². The molecule has 1 aliphatic rings. The van der Waals surface area contributed by atoms with Gasteiger partial charge in [0.15, 0.2) is 0 Å². The van der Waals surface area contributed by atoms with Gasteiger partial charge in [-0.2, -0.15) is 0 Å². The number of sulfone groups is 1. The molecule has 0 spiro atoms. The average Bonchev–Trinajstić information content (AvgIpc) is 3.62. The molecule has 0 amide bonds. The first-order chi connectivity index (χ1) is 16.5. The van der Waals surface area contributed by atoms with E-state index in [0.29, 0.717) is 22.3 Å². The smallest absolute Gasteiger partial charge is 0.209 e. The van der Waals surface area contributed by atoms with Crippen LogP contribution in [0.3, 0.4) is 0 Å². The lowest BCUT2D eigenvalue weighted by Crippen LogP contribution is -2.28. The molecular formula is C28H38N2O3S. The number of pyridine rings is 1. The Labute approximate surface area is 204 Å². The van der Waals surface area contributed by atoms with Crippen molar-refractivity contribution in [3.63, 3.8) is 0 Å². The van der Waals surface area contributed by atoms with Crippen molar-refractivity contribution in [3.05, 3.63) is 60.4 Å². The number of nitrogens with zero attached hydrogens (tertiary/aromatic N) is 2. The van der Waals surface area contributed by atoms with E-state index in [9.17, 15) is 8.42 Å². The summed E-state index contributed by atoms with van der Waals surface area (Å²) in [6, 6.07) is 12.7. The molecule has 0 N–H and O–H groups in total. The maximum Gasteiger partial charge on any atom is 0.209 e. The summed E-state index contributed by atoms with van der Waals surface area (Å²) in [6.07, 6.45) is 11.9. The molecule has 0 saturated heterocycles. The van der Waals surface area contributed by atoms with E-state index < -0.39 is 9.84 Å². The average molecular weight is 483 g/mol. The second-order valence-corrected chi connectivity index (χ2v) is 11.3. The summed E-state index contributed by atoms with van der Waals surface area (Å²) in [5, 5.41) is 0. The van der Waals surface area contributed by atoms with Gasteiger partial charge in [-0.05, 0) is 93.1 Å². The Hall–Kier alpha value is -2.31. The highest BCUT2D eigenvalue weighted by Crippen LogP contribution is 2.45. The molecule has 0 aliphatic heterocycles. The second-order valence-electron chi connectivity index (χ2n) is 9.41. The summed E-state index contributed by atoms with van der Waals surface area (Å²) in [7, 11) is -3.61. The van der Waals surface area contributed by atoms with E-state index in [1.165, 1.54) is 25.7 Å². The lowest BCUT2D eigenvalue weighted by molar-refractivity contribution is 0.229. The monoisotopic (exact) mass is 482 g/mol. The first-order valence-corrected chi connectivity index (χ1v) is 14.3. The molecule has 1 aromatic carbocycles. The SMILES string of the molecule is CCCCN(CCCC)CCCOc1ccc(S(=O)(=O)c2c(C3CC3)cn3ccccc23)cc1. The van der Waals surface area contributed by atoms with Crippen LogP contribution in [0.25, 0.3) is 5.52 Å². The lowest BCUT2D eigenvalue weighted by Gasteiger charge is -2.21. The summed E-state index contributed by atoms with van der Waals surface area (Å²) >= 11 is 0. The molecule has 1 saturated carbocycles. The zero-order valence-electron chi connectivity index (χ0n) is 20.6. The zero-order chi connectivity index (χ0) is 24.0. The Morgan fingerprint density at radius 2 is 1.62 bits per heavy atom. The minimum absolute atomic E-state index is 0.323. The molecule has 184 valence electrons. The van der Waals surface area contributed by atoms with Crippen LogP contribution in [0.5, 0.6) is 5.75 Å². The van der Waals surface area contributed by atoms with Gasteiger partial charge in [0.2, 0.25) is 9.84 Å². The number of benzene rings is 1. The van der Waals surface area contributed by atoms with Gasteiger partial charge in [0, 0.05) is 18.9 Å². The molecule has 6 heteroatoms. The standard InChI is InChI=1S/C28H38N2O3S/c1-3-5-17-29(18-6-4-2)19-9-21-33-24-13-15-25(16-14-24)34(31,32)28-26(23-11-12-23)22-30-20-8-7-10-27(28)30/h7-8,10,13-16,20,22-23H,3-6,9,11-12,17-19,21H2,1-2H3. The van der Waals surface area contributed by atoms with Crippen LogP contribution in [0, 0.1) is 0 Å². The van der Waals surface area contributed by atoms with E-state index in [-0.39, 0.29) is 0 Å². The van der Waals surface area contributed by atoms with Crippen molar-refractivity contribution in [3.8, 4) is 5.75 Å². The number of aromatic nitrogens is 1. The van der Waals surface area contributed by atoms with Crippen LogP contribution in [-0.4, -0.2) is 44.0 Å². The predicted molar refractivity (Wildman–Crippen MR) is 138 cm³/mol. The summed E-state index contributed by atoms with van der Waals surface area (Å²) in [5.41, 5.74) is 1.70. The Balaban J connectivity index is 1.40. The van der Waals surface area contributed by atoms with Crippen LogP contribution in [-0.2, 0) is 9.84 Å². The highest BCUT2D eigenvalue weighted by molar-refractivity contribution is 7.91. The zero-order valence-corrected chi connectivity index (χ0v) is 21.4. The fourth-order valence-corrected chi connectivity index (χ4v) is 6.21. The minimum atomic E-state index is -3.61. The van der Waals surface area contributed by atoms with Crippen LogP contribution < -0.4 is 4.74 Å². The number of hydrogen-bond acceptors (Lipinski definition) is 4. The fourth-order valence-electron chi connectivity index (χ4n) is 4.51. The van der Waals surface area contributed by atoms with E-state index in [4.69, 9.17) is 4.74 Å². The van der Waals surface area contributed by atoms with E-state index >= 15 is 0 Å². The first kappa shape index (κ1) is 24.8. The van der Waals surface area contributed by atoms with Crippen molar-refractivity contribution in [1.82, 2.24) is 9.30 Å². The van der Waals surface area contributed by atoms with Crippen LogP contribution in [0.2, 0.25) is 0 Å². The van der Waals surface area contributed by atoms with Crippen molar-refractivity contribution in [2.24, 2.45) is 0 Å². The molecule has 5 nitrogen and oxygen atoms in total. The topological polar surface area (TPSA) is 51.0 Å². The predicted octanol–water partition coefficient (Wildman–Crippen LogP) is 6.32. The van der Waals surface area contributed by atoms with E-state index in [2.05, 4.69) is 18.7 Å². The maximum atomic E-state index is 13.6. The van der Waals surface area contributed by atoms with Crippen LogP contribution in [0.1, 0.15) is 70.3 Å². The third-order valence-electron chi connectivity index (χ3n) is 6.63. The van der Waals surface area contributed by atoms with Gasteiger partial charge in [0.1, 0.15) is 10.6 Å².